The lowest BCUT2D eigenvalue weighted by Gasteiger charge is -2.11. The van der Waals surface area contributed by atoms with Crippen LogP contribution in [0, 0.1) is 5.82 Å². The number of ether oxygens (including phenoxy) is 2. The van der Waals surface area contributed by atoms with Crippen LogP contribution in [0.3, 0.4) is 0 Å². The standard InChI is InChI=1S/C23H15ClFN5O2/c24-15-5-6-18-17(10-15)22(26-11-13-4-7-19-20(8-13)32-12-31-19)27-23-21(28-29-30(18)23)14-2-1-3-16(25)9-14/h1-10H,11-12H2,(H,26,27). The summed E-state index contributed by atoms with van der Waals surface area (Å²) < 4.78 is 26.3. The maximum absolute atomic E-state index is 13.8. The van der Waals surface area contributed by atoms with Crippen molar-refractivity contribution in [3.8, 4) is 22.8 Å². The minimum Gasteiger partial charge on any atom is -0.454 e. The van der Waals surface area contributed by atoms with Gasteiger partial charge in [-0.3, -0.25) is 0 Å². The smallest absolute Gasteiger partial charge is 0.231 e. The molecule has 0 bridgehead atoms. The van der Waals surface area contributed by atoms with Crippen LogP contribution in [-0.2, 0) is 6.54 Å². The van der Waals surface area contributed by atoms with Crippen LogP contribution in [-0.4, -0.2) is 26.6 Å². The Kier molecular flexibility index (Phi) is 4.32. The molecule has 9 heteroatoms. The summed E-state index contributed by atoms with van der Waals surface area (Å²) in [7, 11) is 0. The van der Waals surface area contributed by atoms with Gasteiger partial charge in [-0.2, -0.15) is 4.52 Å². The van der Waals surface area contributed by atoms with Gasteiger partial charge in [0, 0.05) is 22.5 Å². The number of nitrogens with one attached hydrogen (secondary N) is 1. The fourth-order valence-electron chi connectivity index (χ4n) is 3.78. The summed E-state index contributed by atoms with van der Waals surface area (Å²) in [5, 5.41) is 13.3. The molecule has 0 saturated heterocycles. The maximum Gasteiger partial charge on any atom is 0.231 e. The molecule has 0 amide bonds. The van der Waals surface area contributed by atoms with Crippen molar-refractivity contribution in [1.29, 1.82) is 0 Å². The molecule has 0 aliphatic carbocycles. The van der Waals surface area contributed by atoms with Gasteiger partial charge >= 0.3 is 0 Å². The second kappa shape index (κ2) is 7.35. The van der Waals surface area contributed by atoms with Crippen molar-refractivity contribution in [2.24, 2.45) is 0 Å². The van der Waals surface area contributed by atoms with Crippen LogP contribution in [0.2, 0.25) is 5.02 Å². The third-order valence-electron chi connectivity index (χ3n) is 5.30. The van der Waals surface area contributed by atoms with Crippen molar-refractivity contribution >= 4 is 34.0 Å². The van der Waals surface area contributed by atoms with Crippen LogP contribution in [0.25, 0.3) is 27.8 Å². The number of hydrogen-bond acceptors (Lipinski definition) is 6. The molecular weight excluding hydrogens is 433 g/mol. The lowest BCUT2D eigenvalue weighted by molar-refractivity contribution is 0.174. The summed E-state index contributed by atoms with van der Waals surface area (Å²) in [5.74, 6) is 1.72. The Morgan fingerprint density at radius 1 is 1.03 bits per heavy atom. The van der Waals surface area contributed by atoms with Crippen molar-refractivity contribution in [2.75, 3.05) is 12.1 Å². The van der Waals surface area contributed by atoms with E-state index in [2.05, 4.69) is 15.6 Å². The number of nitrogens with zero attached hydrogens (tertiary/aromatic N) is 4. The normalized spacial score (nSPS) is 12.6. The molecule has 3 heterocycles. The topological polar surface area (TPSA) is 73.6 Å². The molecule has 0 atom stereocenters. The summed E-state index contributed by atoms with van der Waals surface area (Å²) in [5.41, 5.74) is 3.39. The van der Waals surface area contributed by atoms with Crippen molar-refractivity contribution in [3.05, 3.63) is 77.1 Å². The average molecular weight is 448 g/mol. The lowest BCUT2D eigenvalue weighted by atomic mass is 10.1. The number of hydrogen-bond donors (Lipinski definition) is 1. The van der Waals surface area contributed by atoms with Crippen molar-refractivity contribution in [2.45, 2.75) is 6.54 Å². The minimum atomic E-state index is -0.350. The largest absolute Gasteiger partial charge is 0.454 e. The summed E-state index contributed by atoms with van der Waals surface area (Å²) in [6.07, 6.45) is 0. The van der Waals surface area contributed by atoms with Crippen LogP contribution >= 0.6 is 11.6 Å². The van der Waals surface area contributed by atoms with Gasteiger partial charge in [0.15, 0.2) is 17.1 Å². The van der Waals surface area contributed by atoms with Crippen molar-refractivity contribution in [1.82, 2.24) is 19.8 Å². The number of fused-ring (bicyclic) bond motifs is 4. The van der Waals surface area contributed by atoms with E-state index in [0.29, 0.717) is 40.0 Å². The molecule has 7 nitrogen and oxygen atoms in total. The van der Waals surface area contributed by atoms with E-state index in [4.69, 9.17) is 26.1 Å². The molecule has 0 saturated carbocycles. The number of aromatic nitrogens is 4. The number of anilines is 1. The quantitative estimate of drug-likeness (QED) is 0.414. The SMILES string of the molecule is Fc1cccc(-c2nnn3c2nc(NCc2ccc4c(c2)OCO4)c2cc(Cl)ccc23)c1. The van der Waals surface area contributed by atoms with Crippen molar-refractivity contribution < 1.29 is 13.9 Å². The first kappa shape index (κ1) is 18.8. The molecule has 32 heavy (non-hydrogen) atoms. The third-order valence-corrected chi connectivity index (χ3v) is 5.54. The number of benzene rings is 3. The molecule has 1 N–H and O–H groups in total. The second-order valence-electron chi connectivity index (χ2n) is 7.35. The molecule has 158 valence electrons. The molecule has 1 aliphatic heterocycles. The minimum absolute atomic E-state index is 0.227. The summed E-state index contributed by atoms with van der Waals surface area (Å²) in [6, 6.07) is 17.5. The number of rotatable bonds is 4. The summed E-state index contributed by atoms with van der Waals surface area (Å²) >= 11 is 6.27. The van der Waals surface area contributed by atoms with E-state index in [-0.39, 0.29) is 12.6 Å². The highest BCUT2D eigenvalue weighted by atomic mass is 35.5. The van der Waals surface area contributed by atoms with Gasteiger partial charge in [0.05, 0.1) is 5.52 Å². The zero-order chi connectivity index (χ0) is 21.7. The highest BCUT2D eigenvalue weighted by Gasteiger charge is 2.17. The Balaban J connectivity index is 1.46. The van der Waals surface area contributed by atoms with Gasteiger partial charge in [-0.25, -0.2) is 9.37 Å². The molecule has 0 unspecified atom stereocenters. The monoisotopic (exact) mass is 447 g/mol. The zero-order valence-electron chi connectivity index (χ0n) is 16.5. The van der Waals surface area contributed by atoms with Crippen LogP contribution in [0.5, 0.6) is 11.5 Å². The maximum atomic E-state index is 13.8. The number of halogens is 2. The zero-order valence-corrected chi connectivity index (χ0v) is 17.3. The first-order chi connectivity index (χ1) is 15.7. The van der Waals surface area contributed by atoms with Crippen LogP contribution < -0.4 is 14.8 Å². The van der Waals surface area contributed by atoms with Gasteiger partial charge in [0.25, 0.3) is 0 Å². The molecule has 3 aromatic carbocycles. The lowest BCUT2D eigenvalue weighted by Crippen LogP contribution is -2.05. The second-order valence-corrected chi connectivity index (χ2v) is 7.78. The first-order valence-electron chi connectivity index (χ1n) is 9.89. The fourth-order valence-corrected chi connectivity index (χ4v) is 3.95. The highest BCUT2D eigenvalue weighted by molar-refractivity contribution is 6.31. The first-order valence-corrected chi connectivity index (χ1v) is 10.3. The van der Waals surface area contributed by atoms with Gasteiger partial charge in [-0.05, 0) is 48.0 Å². The van der Waals surface area contributed by atoms with Crippen molar-refractivity contribution in [3.63, 3.8) is 0 Å². The molecule has 2 aromatic heterocycles. The average Bonchev–Trinajstić information content (AvgIpc) is 3.44. The molecule has 6 rings (SSSR count). The van der Waals surface area contributed by atoms with Gasteiger partial charge in [0.1, 0.15) is 17.3 Å². The van der Waals surface area contributed by atoms with E-state index in [0.717, 1.165) is 22.2 Å². The Morgan fingerprint density at radius 3 is 2.84 bits per heavy atom. The van der Waals surface area contributed by atoms with E-state index >= 15 is 0 Å². The molecule has 0 spiro atoms. The predicted octanol–water partition coefficient (Wildman–Crippen LogP) is 5.08. The summed E-state index contributed by atoms with van der Waals surface area (Å²) in [6.45, 7) is 0.725. The van der Waals surface area contributed by atoms with Crippen LogP contribution in [0.4, 0.5) is 10.2 Å². The van der Waals surface area contributed by atoms with E-state index in [9.17, 15) is 4.39 Å². The van der Waals surface area contributed by atoms with Crippen LogP contribution in [0.15, 0.2) is 60.7 Å². The van der Waals surface area contributed by atoms with E-state index in [1.807, 2.05) is 30.3 Å². The predicted molar refractivity (Wildman–Crippen MR) is 119 cm³/mol. The fraction of sp³-hybridized carbons (Fsp3) is 0.0870. The Bertz CT molecular complexity index is 1500. The van der Waals surface area contributed by atoms with Crippen LogP contribution in [0.1, 0.15) is 5.56 Å². The Morgan fingerprint density at radius 2 is 1.94 bits per heavy atom. The Labute approximate surface area is 186 Å². The molecule has 0 fully saturated rings. The Hall–Kier alpha value is -3.91. The van der Waals surface area contributed by atoms with E-state index in [1.165, 1.54) is 12.1 Å². The molecule has 0 radical (unpaired) electrons. The van der Waals surface area contributed by atoms with Gasteiger partial charge in [-0.1, -0.05) is 35.0 Å². The van der Waals surface area contributed by atoms with E-state index < -0.39 is 0 Å². The summed E-state index contributed by atoms with van der Waals surface area (Å²) in [4.78, 5) is 4.79. The highest BCUT2D eigenvalue weighted by Crippen LogP contribution is 2.33. The van der Waals surface area contributed by atoms with Gasteiger partial charge in [0.2, 0.25) is 6.79 Å². The van der Waals surface area contributed by atoms with Gasteiger partial charge < -0.3 is 14.8 Å². The van der Waals surface area contributed by atoms with Gasteiger partial charge in [-0.15, -0.1) is 5.10 Å². The molecular formula is C23H15ClFN5O2. The molecule has 5 aromatic rings. The molecule has 1 aliphatic rings. The van der Waals surface area contributed by atoms with E-state index in [1.54, 1.807) is 22.7 Å². The third kappa shape index (κ3) is 3.16.